The lowest BCUT2D eigenvalue weighted by Gasteiger charge is -2.17. The summed E-state index contributed by atoms with van der Waals surface area (Å²) in [5.41, 5.74) is 3.26. The maximum Gasteiger partial charge on any atom is 0.250 e. The standard InChI is InChI=1S/C21H21N3O2/c1-25-19-11-4-16(5-12-19)6-13-20-22-21(23-26-20)17-7-9-18(10-8-17)24-14-2-3-15-24/h4-13H,2-3,14-15H2,1H3/b13-6+. The average molecular weight is 347 g/mol. The highest BCUT2D eigenvalue weighted by molar-refractivity contribution is 5.67. The highest BCUT2D eigenvalue weighted by atomic mass is 16.5. The molecule has 1 fully saturated rings. The van der Waals surface area contributed by atoms with Crippen molar-refractivity contribution in [1.29, 1.82) is 0 Å². The predicted molar refractivity (Wildman–Crippen MR) is 103 cm³/mol. The molecule has 132 valence electrons. The van der Waals surface area contributed by atoms with Crippen LogP contribution in [0.3, 0.4) is 0 Å². The molecule has 0 saturated carbocycles. The smallest absolute Gasteiger partial charge is 0.250 e. The molecule has 0 atom stereocenters. The van der Waals surface area contributed by atoms with Crippen LogP contribution in [0, 0.1) is 0 Å². The van der Waals surface area contributed by atoms with Gasteiger partial charge >= 0.3 is 0 Å². The largest absolute Gasteiger partial charge is 0.497 e. The molecule has 26 heavy (non-hydrogen) atoms. The monoisotopic (exact) mass is 347 g/mol. The summed E-state index contributed by atoms with van der Waals surface area (Å²) in [7, 11) is 1.66. The average Bonchev–Trinajstić information content (AvgIpc) is 3.39. The number of nitrogens with zero attached hydrogens (tertiary/aromatic N) is 3. The number of rotatable bonds is 5. The van der Waals surface area contributed by atoms with E-state index in [1.54, 1.807) is 7.11 Å². The van der Waals surface area contributed by atoms with Crippen LogP contribution in [-0.4, -0.2) is 30.3 Å². The maximum absolute atomic E-state index is 5.33. The van der Waals surface area contributed by atoms with Crippen LogP contribution >= 0.6 is 0 Å². The first-order valence-electron chi connectivity index (χ1n) is 8.83. The molecule has 0 radical (unpaired) electrons. The topological polar surface area (TPSA) is 51.4 Å². The minimum absolute atomic E-state index is 0.486. The molecule has 1 aliphatic rings. The Kier molecular flexibility index (Phi) is 4.69. The molecule has 0 bridgehead atoms. The highest BCUT2D eigenvalue weighted by Gasteiger charge is 2.13. The van der Waals surface area contributed by atoms with Crippen LogP contribution in [0.4, 0.5) is 5.69 Å². The third kappa shape index (κ3) is 3.61. The molecule has 0 amide bonds. The molecule has 4 rings (SSSR count). The van der Waals surface area contributed by atoms with E-state index in [4.69, 9.17) is 9.26 Å². The zero-order valence-electron chi connectivity index (χ0n) is 14.8. The molecule has 0 spiro atoms. The zero-order valence-corrected chi connectivity index (χ0v) is 14.8. The number of aromatic nitrogens is 2. The van der Waals surface area contributed by atoms with E-state index in [-0.39, 0.29) is 0 Å². The summed E-state index contributed by atoms with van der Waals surface area (Å²) in [5.74, 6) is 1.92. The fourth-order valence-corrected chi connectivity index (χ4v) is 3.10. The second kappa shape index (κ2) is 7.44. The highest BCUT2D eigenvalue weighted by Crippen LogP contribution is 2.24. The summed E-state index contributed by atoms with van der Waals surface area (Å²) in [6.07, 6.45) is 6.30. The molecule has 1 aliphatic heterocycles. The van der Waals surface area contributed by atoms with E-state index in [2.05, 4.69) is 39.3 Å². The van der Waals surface area contributed by atoms with Gasteiger partial charge in [-0.2, -0.15) is 4.98 Å². The molecule has 5 nitrogen and oxygen atoms in total. The third-order valence-corrected chi connectivity index (χ3v) is 4.57. The first kappa shape index (κ1) is 16.4. The number of methoxy groups -OCH3 is 1. The van der Waals surface area contributed by atoms with Crippen molar-refractivity contribution < 1.29 is 9.26 Å². The summed E-state index contributed by atoms with van der Waals surface area (Å²) >= 11 is 0. The maximum atomic E-state index is 5.33. The second-order valence-corrected chi connectivity index (χ2v) is 6.30. The Balaban J connectivity index is 1.45. The van der Waals surface area contributed by atoms with Gasteiger partial charge in [0.1, 0.15) is 5.75 Å². The molecule has 0 N–H and O–H groups in total. The van der Waals surface area contributed by atoms with Gasteiger partial charge in [-0.1, -0.05) is 17.3 Å². The number of benzene rings is 2. The van der Waals surface area contributed by atoms with Crippen LogP contribution < -0.4 is 9.64 Å². The summed E-state index contributed by atoms with van der Waals surface area (Å²) < 4.78 is 10.5. The van der Waals surface area contributed by atoms with E-state index >= 15 is 0 Å². The van der Waals surface area contributed by atoms with Crippen molar-refractivity contribution in [3.8, 4) is 17.1 Å². The van der Waals surface area contributed by atoms with E-state index < -0.39 is 0 Å². The van der Waals surface area contributed by atoms with Crippen molar-refractivity contribution in [3.63, 3.8) is 0 Å². The van der Waals surface area contributed by atoms with Crippen LogP contribution in [0.1, 0.15) is 24.3 Å². The van der Waals surface area contributed by atoms with Crippen LogP contribution in [-0.2, 0) is 0 Å². The molecule has 2 heterocycles. The van der Waals surface area contributed by atoms with E-state index in [1.165, 1.54) is 18.5 Å². The van der Waals surface area contributed by atoms with Gasteiger partial charge in [-0.15, -0.1) is 0 Å². The summed E-state index contributed by atoms with van der Waals surface area (Å²) in [6.45, 7) is 2.28. The van der Waals surface area contributed by atoms with E-state index in [0.29, 0.717) is 11.7 Å². The first-order chi connectivity index (χ1) is 12.8. The van der Waals surface area contributed by atoms with Crippen LogP contribution in [0.5, 0.6) is 5.75 Å². The zero-order chi connectivity index (χ0) is 17.8. The van der Waals surface area contributed by atoms with E-state index in [1.807, 2.05) is 36.4 Å². The Morgan fingerprint density at radius 2 is 1.69 bits per heavy atom. The van der Waals surface area contributed by atoms with Crippen LogP contribution in [0.2, 0.25) is 0 Å². The Morgan fingerprint density at radius 3 is 2.38 bits per heavy atom. The fourth-order valence-electron chi connectivity index (χ4n) is 3.10. The second-order valence-electron chi connectivity index (χ2n) is 6.30. The van der Waals surface area contributed by atoms with Crippen molar-refractivity contribution >= 4 is 17.8 Å². The van der Waals surface area contributed by atoms with Crippen molar-refractivity contribution in [2.24, 2.45) is 0 Å². The normalized spacial score (nSPS) is 14.3. The van der Waals surface area contributed by atoms with Gasteiger partial charge in [0.05, 0.1) is 7.11 Å². The fraction of sp³-hybridized carbons (Fsp3) is 0.238. The number of hydrogen-bond acceptors (Lipinski definition) is 5. The van der Waals surface area contributed by atoms with Crippen molar-refractivity contribution in [3.05, 3.63) is 60.0 Å². The number of ether oxygens (including phenoxy) is 1. The van der Waals surface area contributed by atoms with Gasteiger partial charge in [0.2, 0.25) is 5.82 Å². The third-order valence-electron chi connectivity index (χ3n) is 4.57. The quantitative estimate of drug-likeness (QED) is 0.679. The number of hydrogen-bond donors (Lipinski definition) is 0. The molecule has 0 unspecified atom stereocenters. The Morgan fingerprint density at radius 1 is 0.962 bits per heavy atom. The molecular formula is C21H21N3O2. The molecule has 0 aliphatic carbocycles. The molecule has 1 saturated heterocycles. The Bertz CT molecular complexity index is 876. The van der Waals surface area contributed by atoms with Gasteiger partial charge in [-0.25, -0.2) is 0 Å². The van der Waals surface area contributed by atoms with Gasteiger partial charge in [0, 0.05) is 30.4 Å². The minimum Gasteiger partial charge on any atom is -0.497 e. The summed E-state index contributed by atoms with van der Waals surface area (Å²) in [5, 5.41) is 4.08. The van der Waals surface area contributed by atoms with E-state index in [9.17, 15) is 0 Å². The molecule has 1 aromatic heterocycles. The van der Waals surface area contributed by atoms with Gasteiger partial charge in [0.25, 0.3) is 5.89 Å². The molecular weight excluding hydrogens is 326 g/mol. The number of anilines is 1. The summed E-state index contributed by atoms with van der Waals surface area (Å²) in [6, 6.07) is 16.1. The van der Waals surface area contributed by atoms with Crippen LogP contribution in [0.15, 0.2) is 53.1 Å². The molecule has 3 aromatic rings. The van der Waals surface area contributed by atoms with Gasteiger partial charge < -0.3 is 14.2 Å². The summed E-state index contributed by atoms with van der Waals surface area (Å²) in [4.78, 5) is 6.86. The lowest BCUT2D eigenvalue weighted by molar-refractivity contribution is 0.411. The van der Waals surface area contributed by atoms with Gasteiger partial charge in [-0.05, 0) is 60.9 Å². The van der Waals surface area contributed by atoms with Crippen LogP contribution in [0.25, 0.3) is 23.5 Å². The van der Waals surface area contributed by atoms with Gasteiger partial charge in [-0.3, -0.25) is 0 Å². The molecule has 5 heteroatoms. The first-order valence-corrected chi connectivity index (χ1v) is 8.83. The van der Waals surface area contributed by atoms with Gasteiger partial charge in [0.15, 0.2) is 0 Å². The lowest BCUT2D eigenvalue weighted by atomic mass is 10.2. The SMILES string of the molecule is COc1ccc(/C=C/c2nc(-c3ccc(N4CCCC4)cc3)no2)cc1. The molecule has 2 aromatic carbocycles. The van der Waals surface area contributed by atoms with Crippen molar-refractivity contribution in [2.75, 3.05) is 25.1 Å². The Hall–Kier alpha value is -3.08. The Labute approximate surface area is 152 Å². The minimum atomic E-state index is 0.486. The van der Waals surface area contributed by atoms with Crippen molar-refractivity contribution in [1.82, 2.24) is 10.1 Å². The predicted octanol–water partition coefficient (Wildman–Crippen LogP) is 4.52. The lowest BCUT2D eigenvalue weighted by Crippen LogP contribution is -2.17. The van der Waals surface area contributed by atoms with Crippen molar-refractivity contribution in [2.45, 2.75) is 12.8 Å². The van der Waals surface area contributed by atoms with E-state index in [0.717, 1.165) is 30.0 Å².